The summed E-state index contributed by atoms with van der Waals surface area (Å²) >= 11 is 1.67. The van der Waals surface area contributed by atoms with Crippen LogP contribution in [0, 0.1) is 0 Å². The van der Waals surface area contributed by atoms with Crippen molar-refractivity contribution >= 4 is 17.4 Å². The van der Waals surface area contributed by atoms with Crippen LogP contribution in [0.15, 0.2) is 41.9 Å². The van der Waals surface area contributed by atoms with Gasteiger partial charge in [-0.1, -0.05) is 12.1 Å². The average Bonchev–Trinajstić information content (AvgIpc) is 3.29. The molecule has 3 rings (SSSR count). The predicted molar refractivity (Wildman–Crippen MR) is 95.0 cm³/mol. The number of amides is 2. The molecule has 5 nitrogen and oxygen atoms in total. The van der Waals surface area contributed by atoms with E-state index in [1.807, 2.05) is 34.5 Å². The van der Waals surface area contributed by atoms with Gasteiger partial charge in [0, 0.05) is 42.9 Å². The summed E-state index contributed by atoms with van der Waals surface area (Å²) in [5, 5.41) is 5.05. The number of hydrogen-bond donors (Lipinski definition) is 1. The number of nitrogens with one attached hydrogen (secondary N) is 1. The molecule has 1 unspecified atom stereocenters. The fraction of sp³-hybridized carbons (Fsp3) is 0.444. The van der Waals surface area contributed by atoms with Crippen molar-refractivity contribution in [2.24, 2.45) is 0 Å². The van der Waals surface area contributed by atoms with Gasteiger partial charge in [-0.2, -0.15) is 0 Å². The van der Waals surface area contributed by atoms with E-state index in [2.05, 4.69) is 16.4 Å². The van der Waals surface area contributed by atoms with Gasteiger partial charge < -0.3 is 15.0 Å². The van der Waals surface area contributed by atoms with Gasteiger partial charge in [0.15, 0.2) is 0 Å². The van der Waals surface area contributed by atoms with Crippen LogP contribution in [0.3, 0.4) is 0 Å². The second-order valence-corrected chi connectivity index (χ2v) is 6.93. The zero-order valence-corrected chi connectivity index (χ0v) is 14.5. The van der Waals surface area contributed by atoms with Gasteiger partial charge in [0.05, 0.1) is 12.6 Å². The van der Waals surface area contributed by atoms with Crippen LogP contribution in [-0.2, 0) is 17.7 Å². The average molecular weight is 345 g/mol. The van der Waals surface area contributed by atoms with Crippen LogP contribution in [0.1, 0.15) is 23.4 Å². The Balaban J connectivity index is 1.53. The Morgan fingerprint density at radius 3 is 3.04 bits per heavy atom. The number of pyridine rings is 1. The molecule has 0 aromatic carbocycles. The monoisotopic (exact) mass is 345 g/mol. The SMILES string of the molecule is O=C(NCCc1ccccn1)N(Cc1cccs1)CC1CCCO1. The number of rotatable bonds is 7. The largest absolute Gasteiger partial charge is 0.376 e. The standard InChI is InChI=1S/C18H23N3O2S/c22-18(20-10-8-15-5-1-2-9-19-15)21(13-16-6-3-11-23-16)14-17-7-4-12-24-17/h1-2,4-5,7,9,12,16H,3,6,8,10-11,13-14H2,(H,20,22). The third-order valence-electron chi connectivity index (χ3n) is 4.05. The Kier molecular flexibility index (Phi) is 6.20. The molecule has 2 aromatic rings. The number of nitrogens with zero attached hydrogens (tertiary/aromatic N) is 2. The Morgan fingerprint density at radius 1 is 1.38 bits per heavy atom. The molecular formula is C18H23N3O2S. The first-order chi connectivity index (χ1) is 11.8. The van der Waals surface area contributed by atoms with Gasteiger partial charge in [-0.05, 0) is 36.4 Å². The van der Waals surface area contributed by atoms with Gasteiger partial charge in [0.1, 0.15) is 0 Å². The first kappa shape index (κ1) is 16.9. The summed E-state index contributed by atoms with van der Waals surface area (Å²) < 4.78 is 5.70. The molecule has 0 bridgehead atoms. The molecule has 0 radical (unpaired) electrons. The molecule has 2 amide bonds. The maximum absolute atomic E-state index is 12.6. The summed E-state index contributed by atoms with van der Waals surface area (Å²) in [5.41, 5.74) is 0.988. The zero-order valence-electron chi connectivity index (χ0n) is 13.7. The minimum atomic E-state index is -0.0326. The van der Waals surface area contributed by atoms with E-state index in [4.69, 9.17) is 4.74 Å². The van der Waals surface area contributed by atoms with E-state index in [0.717, 1.165) is 31.6 Å². The van der Waals surface area contributed by atoms with Gasteiger partial charge in [-0.25, -0.2) is 4.79 Å². The number of aromatic nitrogens is 1. The van der Waals surface area contributed by atoms with Gasteiger partial charge >= 0.3 is 6.03 Å². The number of urea groups is 1. The highest BCUT2D eigenvalue weighted by Crippen LogP contribution is 2.17. The van der Waals surface area contributed by atoms with Crippen molar-refractivity contribution in [2.75, 3.05) is 19.7 Å². The van der Waals surface area contributed by atoms with Crippen LogP contribution in [-0.4, -0.2) is 41.7 Å². The number of thiophene rings is 1. The molecule has 1 atom stereocenters. The highest BCUT2D eigenvalue weighted by molar-refractivity contribution is 7.09. The fourth-order valence-corrected chi connectivity index (χ4v) is 3.52. The quantitative estimate of drug-likeness (QED) is 0.839. The van der Waals surface area contributed by atoms with Gasteiger partial charge in [0.2, 0.25) is 0 Å². The van der Waals surface area contributed by atoms with Crippen molar-refractivity contribution in [1.82, 2.24) is 15.2 Å². The minimum Gasteiger partial charge on any atom is -0.376 e. The second-order valence-electron chi connectivity index (χ2n) is 5.90. The maximum atomic E-state index is 12.6. The van der Waals surface area contributed by atoms with Crippen LogP contribution >= 0.6 is 11.3 Å². The van der Waals surface area contributed by atoms with Crippen LogP contribution in [0.4, 0.5) is 4.79 Å². The van der Waals surface area contributed by atoms with Crippen LogP contribution in [0.2, 0.25) is 0 Å². The van der Waals surface area contributed by atoms with E-state index in [1.165, 1.54) is 4.88 Å². The highest BCUT2D eigenvalue weighted by Gasteiger charge is 2.22. The van der Waals surface area contributed by atoms with E-state index < -0.39 is 0 Å². The van der Waals surface area contributed by atoms with Crippen molar-refractivity contribution in [3.05, 3.63) is 52.5 Å². The molecule has 0 saturated carbocycles. The van der Waals surface area contributed by atoms with E-state index in [1.54, 1.807) is 17.5 Å². The smallest absolute Gasteiger partial charge is 0.317 e. The Bertz CT molecular complexity index is 612. The van der Waals surface area contributed by atoms with E-state index >= 15 is 0 Å². The lowest BCUT2D eigenvalue weighted by molar-refractivity contribution is 0.0797. The number of hydrogen-bond acceptors (Lipinski definition) is 4. The predicted octanol–water partition coefficient (Wildman–Crippen LogP) is 3.08. The van der Waals surface area contributed by atoms with Crippen molar-refractivity contribution in [3.8, 4) is 0 Å². The summed E-state index contributed by atoms with van der Waals surface area (Å²) in [5.74, 6) is 0. The lowest BCUT2D eigenvalue weighted by Crippen LogP contribution is -2.43. The molecule has 1 fully saturated rings. The highest BCUT2D eigenvalue weighted by atomic mass is 32.1. The maximum Gasteiger partial charge on any atom is 0.317 e. The van der Waals surface area contributed by atoms with Crippen molar-refractivity contribution < 1.29 is 9.53 Å². The molecule has 6 heteroatoms. The lowest BCUT2D eigenvalue weighted by Gasteiger charge is -2.25. The Morgan fingerprint density at radius 2 is 2.33 bits per heavy atom. The summed E-state index contributed by atoms with van der Waals surface area (Å²) in [7, 11) is 0. The fourth-order valence-electron chi connectivity index (χ4n) is 2.80. The second kappa shape index (κ2) is 8.80. The Hall–Kier alpha value is -1.92. The summed E-state index contributed by atoms with van der Waals surface area (Å²) in [6.07, 6.45) is 4.78. The minimum absolute atomic E-state index is 0.0326. The molecule has 3 heterocycles. The summed E-state index contributed by atoms with van der Waals surface area (Å²) in [4.78, 5) is 19.9. The number of carbonyl (C=O) groups is 1. The first-order valence-corrected chi connectivity index (χ1v) is 9.26. The third-order valence-corrected chi connectivity index (χ3v) is 4.91. The van der Waals surface area contributed by atoms with Crippen molar-refractivity contribution in [3.63, 3.8) is 0 Å². The first-order valence-electron chi connectivity index (χ1n) is 8.38. The summed E-state index contributed by atoms with van der Waals surface area (Å²) in [6, 6.07) is 9.88. The molecule has 24 heavy (non-hydrogen) atoms. The zero-order chi connectivity index (χ0) is 16.6. The van der Waals surface area contributed by atoms with Gasteiger partial charge in [0.25, 0.3) is 0 Å². The molecule has 1 N–H and O–H groups in total. The van der Waals surface area contributed by atoms with Gasteiger partial charge in [-0.15, -0.1) is 11.3 Å². The lowest BCUT2D eigenvalue weighted by atomic mass is 10.2. The molecule has 128 valence electrons. The number of carbonyl (C=O) groups excluding carboxylic acids is 1. The Labute approximate surface area is 146 Å². The van der Waals surface area contributed by atoms with Crippen LogP contribution in [0.25, 0.3) is 0 Å². The molecule has 1 saturated heterocycles. The molecule has 1 aliphatic heterocycles. The van der Waals surface area contributed by atoms with Crippen LogP contribution < -0.4 is 5.32 Å². The molecule has 2 aromatic heterocycles. The summed E-state index contributed by atoms with van der Waals surface area (Å²) in [6.45, 7) is 2.67. The normalized spacial score (nSPS) is 16.9. The third kappa shape index (κ3) is 5.04. The van der Waals surface area contributed by atoms with Crippen molar-refractivity contribution in [1.29, 1.82) is 0 Å². The molecule has 0 aliphatic carbocycles. The molecule has 0 spiro atoms. The van der Waals surface area contributed by atoms with Crippen LogP contribution in [0.5, 0.6) is 0 Å². The van der Waals surface area contributed by atoms with E-state index in [9.17, 15) is 4.79 Å². The van der Waals surface area contributed by atoms with E-state index in [0.29, 0.717) is 19.6 Å². The van der Waals surface area contributed by atoms with E-state index in [-0.39, 0.29) is 12.1 Å². The molecule has 1 aliphatic rings. The topological polar surface area (TPSA) is 54.5 Å². The number of ether oxygens (including phenoxy) is 1. The molecular weight excluding hydrogens is 322 g/mol. The van der Waals surface area contributed by atoms with Crippen molar-refractivity contribution in [2.45, 2.75) is 31.9 Å². The van der Waals surface area contributed by atoms with Gasteiger partial charge in [-0.3, -0.25) is 4.98 Å².